The molecule has 3 aliphatic heterocycles. The fourth-order valence-corrected chi connectivity index (χ4v) is 5.01. The van der Waals surface area contributed by atoms with Gasteiger partial charge in [0.1, 0.15) is 5.82 Å². The molecule has 0 aromatic carbocycles. The molecule has 9 nitrogen and oxygen atoms in total. The van der Waals surface area contributed by atoms with Crippen molar-refractivity contribution in [3.8, 4) is 0 Å². The van der Waals surface area contributed by atoms with Gasteiger partial charge in [0, 0.05) is 63.1 Å². The predicted octanol–water partition coefficient (Wildman–Crippen LogP) is 0.190. The van der Waals surface area contributed by atoms with Crippen LogP contribution in [0.25, 0.3) is 5.65 Å². The molecule has 5 heterocycles. The first-order chi connectivity index (χ1) is 14.6. The van der Waals surface area contributed by atoms with Gasteiger partial charge in [-0.05, 0) is 32.6 Å². The molecule has 1 unspecified atom stereocenters. The Labute approximate surface area is 177 Å². The summed E-state index contributed by atoms with van der Waals surface area (Å²) in [7, 11) is 0. The zero-order valence-electron chi connectivity index (χ0n) is 17.7. The van der Waals surface area contributed by atoms with E-state index in [1.165, 1.54) is 0 Å². The normalized spacial score (nSPS) is 27.7. The second-order valence-electron chi connectivity index (χ2n) is 8.87. The van der Waals surface area contributed by atoms with Crippen molar-refractivity contribution in [3.05, 3.63) is 23.5 Å². The van der Waals surface area contributed by atoms with Gasteiger partial charge in [0.15, 0.2) is 5.65 Å². The highest BCUT2D eigenvalue weighted by Crippen LogP contribution is 2.32. The van der Waals surface area contributed by atoms with E-state index in [-0.39, 0.29) is 24.0 Å². The zero-order chi connectivity index (χ0) is 20.7. The van der Waals surface area contributed by atoms with Crippen LogP contribution in [-0.4, -0.2) is 76.8 Å². The Morgan fingerprint density at radius 3 is 2.90 bits per heavy atom. The number of amides is 1. The van der Waals surface area contributed by atoms with Crippen LogP contribution in [-0.2, 0) is 4.79 Å². The summed E-state index contributed by atoms with van der Waals surface area (Å²) in [5.41, 5.74) is 8.97. The number of nitrogens with zero attached hydrogens (tertiary/aromatic N) is 5. The number of hydrogen-bond donors (Lipinski definition) is 3. The van der Waals surface area contributed by atoms with Crippen LogP contribution in [0.2, 0.25) is 0 Å². The van der Waals surface area contributed by atoms with Crippen LogP contribution in [0.4, 0.5) is 5.82 Å². The topological polar surface area (TPSA) is 104 Å². The maximum Gasteiger partial charge on any atom is 0.241 e. The van der Waals surface area contributed by atoms with Crippen molar-refractivity contribution in [2.45, 2.75) is 50.7 Å². The third kappa shape index (κ3) is 3.66. The lowest BCUT2D eigenvalue weighted by atomic mass is 9.98. The molecule has 3 aliphatic rings. The van der Waals surface area contributed by atoms with Crippen molar-refractivity contribution in [1.29, 1.82) is 0 Å². The van der Waals surface area contributed by atoms with Crippen LogP contribution in [0.15, 0.2) is 12.3 Å². The van der Waals surface area contributed by atoms with E-state index < -0.39 is 0 Å². The van der Waals surface area contributed by atoms with Gasteiger partial charge >= 0.3 is 0 Å². The summed E-state index contributed by atoms with van der Waals surface area (Å²) in [6.45, 7) is 7.08. The van der Waals surface area contributed by atoms with E-state index in [0.29, 0.717) is 6.54 Å². The lowest BCUT2D eigenvalue weighted by molar-refractivity contribution is -0.137. The first kappa shape index (κ1) is 19.7. The summed E-state index contributed by atoms with van der Waals surface area (Å²) >= 11 is 0. The monoisotopic (exact) mass is 412 g/mol. The minimum atomic E-state index is -0.150. The smallest absolute Gasteiger partial charge is 0.241 e. The molecule has 2 aromatic rings. The van der Waals surface area contributed by atoms with Gasteiger partial charge in [-0.3, -0.25) is 4.79 Å². The first-order valence-corrected chi connectivity index (χ1v) is 11.2. The zero-order valence-corrected chi connectivity index (χ0v) is 17.7. The largest absolute Gasteiger partial charge is 0.355 e. The van der Waals surface area contributed by atoms with Crippen LogP contribution in [0.3, 0.4) is 0 Å². The molecule has 0 spiro atoms. The summed E-state index contributed by atoms with van der Waals surface area (Å²) in [6, 6.07) is 2.14. The van der Waals surface area contributed by atoms with Gasteiger partial charge in [-0.1, -0.05) is 0 Å². The number of aromatic nitrogens is 3. The molecule has 5 rings (SSSR count). The fraction of sp³-hybridized carbons (Fsp3) is 0.667. The molecule has 162 valence electrons. The van der Waals surface area contributed by atoms with Crippen molar-refractivity contribution >= 4 is 17.4 Å². The van der Waals surface area contributed by atoms with Gasteiger partial charge < -0.3 is 26.2 Å². The minimum absolute atomic E-state index is 0.0145. The Morgan fingerprint density at radius 2 is 2.13 bits per heavy atom. The molecule has 0 saturated carbocycles. The Morgan fingerprint density at radius 1 is 1.23 bits per heavy atom. The second-order valence-corrected chi connectivity index (χ2v) is 8.87. The number of fused-ring (bicyclic) bond motifs is 1. The van der Waals surface area contributed by atoms with E-state index in [9.17, 15) is 4.79 Å². The Bertz CT molecular complexity index is 921. The molecule has 2 aromatic heterocycles. The lowest BCUT2D eigenvalue weighted by Gasteiger charge is -2.38. The molecule has 9 heteroatoms. The molecular formula is C21H32N8O. The molecule has 3 saturated heterocycles. The SMILES string of the molecule is Cc1cn2nc([C@@H]3CCCCN3C(=O)C3CNCCN3)cc2nc1N1CC[C@H](N)C1. The molecular weight excluding hydrogens is 380 g/mol. The van der Waals surface area contributed by atoms with Crippen LogP contribution < -0.4 is 21.3 Å². The average Bonchev–Trinajstić information content (AvgIpc) is 3.39. The van der Waals surface area contributed by atoms with Crippen molar-refractivity contribution in [1.82, 2.24) is 30.1 Å². The highest BCUT2D eigenvalue weighted by Gasteiger charge is 2.34. The number of nitrogens with two attached hydrogens (primary N) is 1. The number of likely N-dealkylation sites (tertiary alicyclic amines) is 1. The molecule has 3 fully saturated rings. The predicted molar refractivity (Wildman–Crippen MR) is 115 cm³/mol. The highest BCUT2D eigenvalue weighted by atomic mass is 16.2. The average molecular weight is 413 g/mol. The number of piperazine rings is 1. The van der Waals surface area contributed by atoms with Gasteiger partial charge in [0.25, 0.3) is 0 Å². The number of carbonyl (C=O) groups is 1. The van der Waals surface area contributed by atoms with Crippen LogP contribution >= 0.6 is 0 Å². The molecule has 3 atom stereocenters. The standard InChI is InChI=1S/C21H32N8O/c1-14-12-29-19(25-20(14)27-9-5-15(22)13-27)10-16(26-29)18-4-2-3-8-28(18)21(30)17-11-23-6-7-24-17/h10,12,15,17-18,23-24H,2-9,11,13,22H2,1H3/t15-,17?,18-/m0/s1. The minimum Gasteiger partial charge on any atom is -0.355 e. The number of aryl methyl sites for hydroxylation is 1. The Kier molecular flexibility index (Phi) is 5.34. The Balaban J connectivity index is 1.43. The van der Waals surface area contributed by atoms with Crippen LogP contribution in [0.5, 0.6) is 0 Å². The van der Waals surface area contributed by atoms with E-state index in [1.807, 2.05) is 15.6 Å². The van der Waals surface area contributed by atoms with Crippen molar-refractivity contribution in [3.63, 3.8) is 0 Å². The first-order valence-electron chi connectivity index (χ1n) is 11.2. The number of hydrogen-bond acceptors (Lipinski definition) is 7. The summed E-state index contributed by atoms with van der Waals surface area (Å²) in [4.78, 5) is 22.4. The summed E-state index contributed by atoms with van der Waals surface area (Å²) in [5.74, 6) is 1.18. The second kappa shape index (κ2) is 8.13. The number of rotatable bonds is 3. The van der Waals surface area contributed by atoms with Crippen molar-refractivity contribution < 1.29 is 4.79 Å². The molecule has 0 aliphatic carbocycles. The van der Waals surface area contributed by atoms with Crippen molar-refractivity contribution in [2.24, 2.45) is 5.73 Å². The molecule has 30 heavy (non-hydrogen) atoms. The molecule has 1 amide bonds. The van der Waals surface area contributed by atoms with Gasteiger partial charge in [0.05, 0.1) is 17.8 Å². The maximum absolute atomic E-state index is 13.2. The molecule has 0 bridgehead atoms. The number of anilines is 1. The third-order valence-corrected chi connectivity index (χ3v) is 6.61. The van der Waals surface area contributed by atoms with E-state index >= 15 is 0 Å². The fourth-order valence-electron chi connectivity index (χ4n) is 5.01. The van der Waals surface area contributed by atoms with Crippen LogP contribution in [0, 0.1) is 6.92 Å². The summed E-state index contributed by atoms with van der Waals surface area (Å²) in [5, 5.41) is 11.5. The quantitative estimate of drug-likeness (QED) is 0.661. The van der Waals surface area contributed by atoms with Gasteiger partial charge in [-0.25, -0.2) is 9.50 Å². The highest BCUT2D eigenvalue weighted by molar-refractivity contribution is 5.83. The van der Waals surface area contributed by atoms with E-state index in [2.05, 4.69) is 28.5 Å². The van der Waals surface area contributed by atoms with E-state index in [4.69, 9.17) is 15.8 Å². The van der Waals surface area contributed by atoms with Crippen molar-refractivity contribution in [2.75, 3.05) is 44.2 Å². The van der Waals surface area contributed by atoms with E-state index in [1.54, 1.807) is 0 Å². The van der Waals surface area contributed by atoms with Crippen LogP contribution in [0.1, 0.15) is 43.0 Å². The molecule has 4 N–H and O–H groups in total. The lowest BCUT2D eigenvalue weighted by Crippen LogP contribution is -2.57. The maximum atomic E-state index is 13.2. The summed E-state index contributed by atoms with van der Waals surface area (Å²) < 4.78 is 1.86. The van der Waals surface area contributed by atoms with Gasteiger partial charge in [0.2, 0.25) is 5.91 Å². The van der Waals surface area contributed by atoms with Gasteiger partial charge in [-0.15, -0.1) is 0 Å². The number of carbonyl (C=O) groups excluding carboxylic acids is 1. The third-order valence-electron chi connectivity index (χ3n) is 6.61. The number of piperidine rings is 1. The summed E-state index contributed by atoms with van der Waals surface area (Å²) in [6.07, 6.45) is 6.16. The number of nitrogens with one attached hydrogen (secondary N) is 2. The Hall–Kier alpha value is -2.23. The van der Waals surface area contributed by atoms with Gasteiger partial charge in [-0.2, -0.15) is 5.10 Å². The van der Waals surface area contributed by atoms with E-state index in [0.717, 1.165) is 81.1 Å². The molecule has 0 radical (unpaired) electrons.